The van der Waals surface area contributed by atoms with E-state index in [0.717, 1.165) is 0 Å². The fourth-order valence-corrected chi connectivity index (χ4v) is 22.5. The van der Waals surface area contributed by atoms with Gasteiger partial charge in [-0.15, -0.1) is 0 Å². The van der Waals surface area contributed by atoms with Crippen molar-refractivity contribution in [1.29, 1.82) is 0 Å². The summed E-state index contributed by atoms with van der Waals surface area (Å²) in [7, 11) is 0. The number of unbranched alkanes of at least 4 members (excludes halogenated alkanes) is 3. The normalized spacial score (nSPS) is 12.0. The topological polar surface area (TPSA) is 0 Å². The molecule has 0 spiro atoms. The number of hydrogen-bond acceptors (Lipinski definition) is 0. The van der Waals surface area contributed by atoms with Crippen LogP contribution in [0.1, 0.15) is 59.3 Å². The van der Waals surface area contributed by atoms with E-state index >= 15 is 0 Å². The molecule has 0 heterocycles. The van der Waals surface area contributed by atoms with E-state index < -0.39 is 18.4 Å². The third kappa shape index (κ3) is 5.15. The first-order valence-electron chi connectivity index (χ1n) is 8.11. The van der Waals surface area contributed by atoms with Gasteiger partial charge in [-0.05, 0) is 0 Å². The molecule has 1 aromatic carbocycles. The Balaban J connectivity index is 2.97. The van der Waals surface area contributed by atoms with Crippen LogP contribution in [-0.4, -0.2) is 18.4 Å². The molecule has 0 saturated heterocycles. The van der Waals surface area contributed by atoms with Gasteiger partial charge in [0.25, 0.3) is 0 Å². The average Bonchev–Trinajstić information content (AvgIpc) is 2.85. The van der Waals surface area contributed by atoms with Crippen molar-refractivity contribution in [1.82, 2.24) is 0 Å². The van der Waals surface area contributed by atoms with Gasteiger partial charge in [-0.2, -0.15) is 0 Å². The van der Waals surface area contributed by atoms with Crippen molar-refractivity contribution >= 4 is 37.9 Å². The van der Waals surface area contributed by atoms with Crippen molar-refractivity contribution in [2.24, 2.45) is 0 Å². The molecule has 0 aliphatic heterocycles. The van der Waals surface area contributed by atoms with E-state index in [2.05, 4.69) is 54.9 Å². The second-order valence-electron chi connectivity index (χ2n) is 5.88. The molecule has 0 unspecified atom stereocenters. The Morgan fingerprint density at radius 3 is 1.74 bits per heavy atom. The summed E-state index contributed by atoms with van der Waals surface area (Å²) in [5, 5.41) is 0. The molecule has 110 valence electrons. The summed E-state index contributed by atoms with van der Waals surface area (Å²) in [4.78, 5) is 0. The molecule has 0 aromatic heterocycles. The second-order valence-corrected chi connectivity index (χ2v) is 19.9. The molecule has 0 bridgehead atoms. The minimum atomic E-state index is -2.14. The van der Waals surface area contributed by atoms with Crippen molar-refractivity contribution in [2.75, 3.05) is 0 Å². The number of rotatable bonds is 10. The summed E-state index contributed by atoms with van der Waals surface area (Å²) in [6.07, 6.45) is 8.41. The Bertz CT molecular complexity index is 321. The molecule has 0 amide bonds. The molecule has 1 aromatic rings. The summed E-state index contributed by atoms with van der Waals surface area (Å²) in [6, 6.07) is 6.97. The first kappa shape index (κ1) is 17.7. The first-order valence-corrected chi connectivity index (χ1v) is 16.4. The summed E-state index contributed by atoms with van der Waals surface area (Å²) < 4.78 is 7.89. The zero-order valence-corrected chi connectivity index (χ0v) is 17.4. The standard InChI is InChI=1S/C5H3Br.3C4H9.Sn/c6-5-3-1-2-4-5;3*1-3-4-2;/h1-3H;3*1,3-4H2,2H3;/q-1;;;;. The molecule has 0 aliphatic carbocycles. The van der Waals surface area contributed by atoms with Gasteiger partial charge >= 0.3 is 133 Å². The van der Waals surface area contributed by atoms with E-state index in [-0.39, 0.29) is 0 Å². The van der Waals surface area contributed by atoms with Crippen LogP contribution in [0.2, 0.25) is 13.3 Å². The van der Waals surface area contributed by atoms with Crippen LogP contribution in [0.15, 0.2) is 22.7 Å². The third-order valence-corrected chi connectivity index (χ3v) is 21.8. The van der Waals surface area contributed by atoms with Crippen LogP contribution in [-0.2, 0) is 0 Å². The van der Waals surface area contributed by atoms with Crippen molar-refractivity contribution in [3.63, 3.8) is 0 Å². The third-order valence-electron chi connectivity index (χ3n) is 4.36. The molecule has 2 heteroatoms. The molecular formula is C17H30BrSn-. The predicted octanol–water partition coefficient (Wildman–Crippen LogP) is 6.22. The van der Waals surface area contributed by atoms with Crippen molar-refractivity contribution in [3.05, 3.63) is 22.7 Å². The monoisotopic (exact) mass is 433 g/mol. The van der Waals surface area contributed by atoms with Crippen LogP contribution in [0.4, 0.5) is 0 Å². The van der Waals surface area contributed by atoms with E-state index in [9.17, 15) is 0 Å². The Morgan fingerprint density at radius 2 is 1.42 bits per heavy atom. The predicted molar refractivity (Wildman–Crippen MR) is 94.3 cm³/mol. The minimum absolute atomic E-state index is 1.36. The molecule has 0 aliphatic rings. The van der Waals surface area contributed by atoms with Crippen molar-refractivity contribution < 1.29 is 0 Å². The zero-order chi connectivity index (χ0) is 14.1. The first-order chi connectivity index (χ1) is 9.20. The van der Waals surface area contributed by atoms with Crippen LogP contribution in [0.5, 0.6) is 0 Å². The Labute approximate surface area is 132 Å². The van der Waals surface area contributed by atoms with E-state index in [4.69, 9.17) is 0 Å². The van der Waals surface area contributed by atoms with Crippen LogP contribution in [0.3, 0.4) is 0 Å². The molecular weight excluding hydrogens is 403 g/mol. The zero-order valence-electron chi connectivity index (χ0n) is 13.0. The fraction of sp³-hybridized carbons (Fsp3) is 0.706. The second kappa shape index (κ2) is 9.54. The van der Waals surface area contributed by atoms with Crippen molar-refractivity contribution in [3.8, 4) is 0 Å². The van der Waals surface area contributed by atoms with E-state index in [0.29, 0.717) is 0 Å². The number of hydrogen-bond donors (Lipinski definition) is 0. The molecule has 1 rings (SSSR count). The summed E-state index contributed by atoms with van der Waals surface area (Å²) >= 11 is 1.69. The quantitative estimate of drug-likeness (QED) is 0.304. The van der Waals surface area contributed by atoms with E-state index in [1.165, 1.54) is 43.0 Å². The van der Waals surface area contributed by atoms with Gasteiger partial charge in [-0.3, -0.25) is 0 Å². The summed E-state index contributed by atoms with van der Waals surface area (Å²) in [6.45, 7) is 7.03. The molecule has 0 nitrogen and oxygen atoms in total. The Kier molecular flexibility index (Phi) is 8.88. The van der Waals surface area contributed by atoms with E-state index in [1.54, 1.807) is 16.9 Å². The van der Waals surface area contributed by atoms with Gasteiger partial charge < -0.3 is 0 Å². The van der Waals surface area contributed by atoms with Crippen LogP contribution >= 0.6 is 15.9 Å². The van der Waals surface area contributed by atoms with Crippen LogP contribution in [0, 0.1) is 0 Å². The number of halogens is 1. The fourth-order valence-electron chi connectivity index (χ4n) is 3.15. The Morgan fingerprint density at radius 1 is 0.947 bits per heavy atom. The maximum absolute atomic E-state index is 3.83. The van der Waals surface area contributed by atoms with Crippen LogP contribution in [0.25, 0.3) is 0 Å². The molecule has 0 N–H and O–H groups in total. The molecule has 0 fully saturated rings. The molecule has 0 radical (unpaired) electrons. The van der Waals surface area contributed by atoms with Gasteiger partial charge in [0.15, 0.2) is 0 Å². The maximum atomic E-state index is 3.83. The van der Waals surface area contributed by atoms with Gasteiger partial charge in [0.05, 0.1) is 0 Å². The van der Waals surface area contributed by atoms with Gasteiger partial charge in [-0.1, -0.05) is 0 Å². The van der Waals surface area contributed by atoms with E-state index in [1.807, 2.05) is 0 Å². The summed E-state index contributed by atoms with van der Waals surface area (Å²) in [5.41, 5.74) is 0. The average molecular weight is 433 g/mol. The Hall–Kier alpha value is 0.629. The molecule has 0 atom stereocenters. The van der Waals surface area contributed by atoms with Gasteiger partial charge in [0.1, 0.15) is 0 Å². The van der Waals surface area contributed by atoms with Crippen molar-refractivity contribution in [2.45, 2.75) is 72.6 Å². The van der Waals surface area contributed by atoms with Gasteiger partial charge in [0, 0.05) is 0 Å². The summed E-state index contributed by atoms with van der Waals surface area (Å²) in [5.74, 6) is 0. The SMILES string of the molecule is CCC[CH2][Sn]([CH2]CCC)([CH2]CCC)[c]1ccc[c-]1Br. The van der Waals surface area contributed by atoms with Crippen LogP contribution < -0.4 is 3.58 Å². The molecule has 0 saturated carbocycles. The van der Waals surface area contributed by atoms with Gasteiger partial charge in [-0.25, -0.2) is 0 Å². The van der Waals surface area contributed by atoms with Gasteiger partial charge in [0.2, 0.25) is 0 Å². The molecule has 19 heavy (non-hydrogen) atoms.